The minimum absolute atomic E-state index is 0.0136. The van der Waals surface area contributed by atoms with Gasteiger partial charge in [0.25, 0.3) is 10.0 Å². The first kappa shape index (κ1) is 29.9. The number of benzene rings is 3. The van der Waals surface area contributed by atoms with E-state index < -0.39 is 33.7 Å². The van der Waals surface area contributed by atoms with E-state index in [0.717, 1.165) is 27.8 Å². The zero-order chi connectivity index (χ0) is 30.8. The predicted molar refractivity (Wildman–Crippen MR) is 161 cm³/mol. The molecule has 2 aliphatic rings. The van der Waals surface area contributed by atoms with Gasteiger partial charge < -0.3 is 25.6 Å². The van der Waals surface area contributed by atoms with Crippen LogP contribution in [-0.2, 0) is 26.0 Å². The van der Waals surface area contributed by atoms with Crippen LogP contribution in [0.2, 0.25) is 0 Å². The van der Waals surface area contributed by atoms with Gasteiger partial charge in [-0.2, -0.15) is 0 Å². The number of ether oxygens (including phenoxy) is 2. The number of hydrogen-bond donors (Lipinski definition) is 4. The first-order valence-corrected chi connectivity index (χ1v) is 15.4. The molecule has 1 amide bonds. The van der Waals surface area contributed by atoms with Crippen molar-refractivity contribution in [1.29, 1.82) is 0 Å². The van der Waals surface area contributed by atoms with Crippen molar-refractivity contribution in [3.63, 3.8) is 0 Å². The smallest absolute Gasteiger partial charge is 0.407 e. The van der Waals surface area contributed by atoms with Gasteiger partial charge in [-0.05, 0) is 60.6 Å². The van der Waals surface area contributed by atoms with Crippen LogP contribution in [0.25, 0.3) is 11.1 Å². The fourth-order valence-electron chi connectivity index (χ4n) is 5.50. The van der Waals surface area contributed by atoms with Gasteiger partial charge in [-0.15, -0.1) is 0 Å². The Morgan fingerprint density at radius 3 is 2.40 bits per heavy atom. The number of carbonyl (C=O) groups excluding carboxylic acids is 1. The summed E-state index contributed by atoms with van der Waals surface area (Å²) in [5.41, 5.74) is 10.6. The second-order valence-corrected chi connectivity index (χ2v) is 12.9. The molecular weight excluding hydrogens is 572 g/mol. The first-order chi connectivity index (χ1) is 20.4. The third-order valence-corrected chi connectivity index (χ3v) is 8.81. The predicted octanol–water partition coefficient (Wildman–Crippen LogP) is 3.77. The molecule has 0 radical (unpaired) electrons. The van der Waals surface area contributed by atoms with Crippen LogP contribution >= 0.6 is 0 Å². The van der Waals surface area contributed by atoms with Gasteiger partial charge in [0.15, 0.2) is 0 Å². The molecule has 226 valence electrons. The van der Waals surface area contributed by atoms with E-state index in [-0.39, 0.29) is 42.8 Å². The van der Waals surface area contributed by atoms with Crippen LogP contribution < -0.4 is 20.5 Å². The Labute approximate surface area is 250 Å². The number of nitrogens with two attached hydrogens (primary N) is 1. The molecule has 3 aromatic carbocycles. The molecule has 0 bridgehead atoms. The number of carboxylic acid groups (broad SMARTS) is 1. The number of amides is 1. The summed E-state index contributed by atoms with van der Waals surface area (Å²) in [5.74, 6) is -1.21. The van der Waals surface area contributed by atoms with E-state index in [1.807, 2.05) is 62.4 Å². The van der Waals surface area contributed by atoms with Crippen molar-refractivity contribution in [2.75, 3.05) is 13.2 Å². The van der Waals surface area contributed by atoms with Crippen LogP contribution in [0.5, 0.6) is 5.75 Å². The molecule has 1 aliphatic carbocycles. The molecular formula is C31H34N4O7S. The lowest BCUT2D eigenvalue weighted by Gasteiger charge is -2.17. The third-order valence-electron chi connectivity index (χ3n) is 7.46. The van der Waals surface area contributed by atoms with Crippen LogP contribution in [-0.4, -0.2) is 56.3 Å². The molecule has 0 unspecified atom stereocenters. The summed E-state index contributed by atoms with van der Waals surface area (Å²) in [6.07, 6.45) is 0.0747. The number of carboxylic acids is 1. The number of aliphatic carboxylic acids is 1. The number of aliphatic imine (C=N–C) groups is 1. The van der Waals surface area contributed by atoms with E-state index in [0.29, 0.717) is 12.2 Å². The summed E-state index contributed by atoms with van der Waals surface area (Å²) in [7, 11) is -4.01. The van der Waals surface area contributed by atoms with Crippen LogP contribution in [0.1, 0.15) is 49.3 Å². The number of hydrogen-bond acceptors (Lipinski definition) is 7. The van der Waals surface area contributed by atoms with E-state index in [2.05, 4.69) is 15.0 Å². The van der Waals surface area contributed by atoms with Crippen LogP contribution in [0.3, 0.4) is 0 Å². The Kier molecular flexibility index (Phi) is 8.32. The highest BCUT2D eigenvalue weighted by Gasteiger charge is 2.32. The number of nitrogens with zero attached hydrogens (tertiary/aromatic N) is 1. The number of fused-ring (bicyclic) bond motifs is 4. The highest BCUT2D eigenvalue weighted by atomic mass is 32.2. The molecule has 0 saturated carbocycles. The normalized spacial score (nSPS) is 15.9. The van der Waals surface area contributed by atoms with E-state index in [4.69, 9.17) is 15.2 Å². The van der Waals surface area contributed by atoms with E-state index in [1.54, 1.807) is 6.07 Å². The summed E-state index contributed by atoms with van der Waals surface area (Å²) in [4.78, 5) is 28.3. The lowest BCUT2D eigenvalue weighted by Crippen LogP contribution is -2.41. The van der Waals surface area contributed by atoms with Crippen molar-refractivity contribution in [3.05, 3.63) is 83.4 Å². The number of nitrogens with one attached hydrogen (secondary N) is 2. The van der Waals surface area contributed by atoms with E-state index in [9.17, 15) is 23.1 Å². The van der Waals surface area contributed by atoms with Gasteiger partial charge >= 0.3 is 12.1 Å². The molecule has 0 saturated heterocycles. The van der Waals surface area contributed by atoms with E-state index >= 15 is 0 Å². The van der Waals surface area contributed by atoms with Gasteiger partial charge in [-0.25, -0.2) is 22.7 Å². The molecule has 1 atom stereocenters. The second kappa shape index (κ2) is 12.0. The Hall–Kier alpha value is -4.58. The lowest BCUT2D eigenvalue weighted by molar-refractivity contribution is -0.139. The SMILES string of the molecule is CC1(C)Cc2ccc(S(=O)(=O)NC(N)=NCCC[C@@H](NC(=O)OCC3c4ccccc4-c4ccccc43)C(=O)O)cc2O1. The first-order valence-electron chi connectivity index (χ1n) is 13.9. The molecule has 43 heavy (non-hydrogen) atoms. The van der Waals surface area contributed by atoms with Crippen LogP contribution in [0.4, 0.5) is 4.79 Å². The largest absolute Gasteiger partial charge is 0.487 e. The summed E-state index contributed by atoms with van der Waals surface area (Å²) < 4.78 is 39.1. The monoisotopic (exact) mass is 606 g/mol. The summed E-state index contributed by atoms with van der Waals surface area (Å²) in [6.45, 7) is 3.94. The van der Waals surface area contributed by atoms with Gasteiger partial charge in [0.1, 0.15) is 24.0 Å². The van der Waals surface area contributed by atoms with Crippen molar-refractivity contribution in [2.45, 2.75) is 55.6 Å². The molecule has 0 aromatic heterocycles. The fourth-order valence-corrected chi connectivity index (χ4v) is 6.47. The average molecular weight is 607 g/mol. The zero-order valence-electron chi connectivity index (χ0n) is 23.9. The quantitative estimate of drug-likeness (QED) is 0.154. The highest BCUT2D eigenvalue weighted by Crippen LogP contribution is 2.44. The topological polar surface area (TPSA) is 169 Å². The highest BCUT2D eigenvalue weighted by molar-refractivity contribution is 7.90. The second-order valence-electron chi connectivity index (χ2n) is 11.2. The van der Waals surface area contributed by atoms with Gasteiger partial charge in [-0.1, -0.05) is 54.6 Å². The van der Waals surface area contributed by atoms with Gasteiger partial charge in [0, 0.05) is 24.9 Å². The zero-order valence-corrected chi connectivity index (χ0v) is 24.7. The summed E-state index contributed by atoms with van der Waals surface area (Å²) in [5, 5.41) is 12.0. The average Bonchev–Trinajstić information content (AvgIpc) is 3.45. The number of rotatable bonds is 10. The van der Waals surface area contributed by atoms with Gasteiger partial charge in [0.2, 0.25) is 5.96 Å². The van der Waals surface area contributed by atoms with Crippen LogP contribution in [0, 0.1) is 0 Å². The van der Waals surface area contributed by atoms with Gasteiger partial charge in [-0.3, -0.25) is 4.99 Å². The Bertz CT molecular complexity index is 1640. The maximum absolute atomic E-state index is 12.8. The lowest BCUT2D eigenvalue weighted by atomic mass is 9.98. The Morgan fingerprint density at radius 2 is 1.74 bits per heavy atom. The fraction of sp³-hybridized carbons (Fsp3) is 0.323. The van der Waals surface area contributed by atoms with Crippen LogP contribution in [0.15, 0.2) is 76.6 Å². The van der Waals surface area contributed by atoms with Crippen molar-refractivity contribution in [3.8, 4) is 16.9 Å². The number of guanidine groups is 1. The summed E-state index contributed by atoms with van der Waals surface area (Å²) >= 11 is 0. The molecule has 0 fully saturated rings. The van der Waals surface area contributed by atoms with E-state index in [1.165, 1.54) is 12.1 Å². The third kappa shape index (κ3) is 6.75. The Morgan fingerprint density at radius 1 is 1.09 bits per heavy atom. The van der Waals surface area contributed by atoms with Crippen molar-refractivity contribution in [2.24, 2.45) is 10.7 Å². The minimum atomic E-state index is -4.01. The van der Waals surface area contributed by atoms with Gasteiger partial charge in [0.05, 0.1) is 4.90 Å². The maximum atomic E-state index is 12.8. The molecule has 5 rings (SSSR count). The Balaban J connectivity index is 1.11. The van der Waals surface area contributed by atoms with Crippen molar-refractivity contribution < 1.29 is 32.6 Å². The molecule has 0 spiro atoms. The van der Waals surface area contributed by atoms with Crippen molar-refractivity contribution >= 4 is 28.0 Å². The molecule has 12 heteroatoms. The van der Waals surface area contributed by atoms with Crippen molar-refractivity contribution in [1.82, 2.24) is 10.0 Å². The maximum Gasteiger partial charge on any atom is 0.407 e. The molecule has 1 aliphatic heterocycles. The molecule has 3 aromatic rings. The standard InChI is InChI=1S/C31H34N4O7S/c1-31(2)17-19-13-14-20(16-27(19)42-31)43(39,40)35-29(32)33-15-7-12-26(28(36)37)34-30(38)41-18-25-23-10-5-3-8-21(23)22-9-4-6-11-24(22)25/h3-6,8-11,13-14,16,25-26H,7,12,15,17-18H2,1-2H3,(H,34,38)(H,36,37)(H3,32,33,35)/t26-/m1/s1. The molecule has 5 N–H and O–H groups in total. The minimum Gasteiger partial charge on any atom is -0.487 e. The molecule has 1 heterocycles. The summed E-state index contributed by atoms with van der Waals surface area (Å²) in [6, 6.07) is 19.2. The number of alkyl carbamates (subject to hydrolysis) is 1. The number of sulfonamides is 1. The molecule has 11 nitrogen and oxygen atoms in total. The number of carbonyl (C=O) groups is 2.